The van der Waals surface area contributed by atoms with Gasteiger partial charge in [-0.3, -0.25) is 0 Å². The molecule has 4 nitrogen and oxygen atoms in total. The van der Waals surface area contributed by atoms with E-state index in [9.17, 15) is 9.81 Å². The SMILES string of the molecule is O=Nc1cccs1.O=Nc1cccs1. The average Bonchev–Trinajstić information content (AvgIpc) is 2.92. The predicted octanol–water partition coefficient (Wildman–Crippen LogP) is 4.29. The topological polar surface area (TPSA) is 58.9 Å². The maximum atomic E-state index is 9.63. The lowest BCUT2D eigenvalue weighted by Gasteiger charge is -1.64. The van der Waals surface area contributed by atoms with Crippen LogP contribution in [0.15, 0.2) is 45.4 Å². The molecule has 2 rings (SSSR count). The van der Waals surface area contributed by atoms with Crippen molar-refractivity contribution in [2.45, 2.75) is 0 Å². The number of thiophene rings is 2. The molecule has 0 unspecified atom stereocenters. The molecule has 72 valence electrons. The number of hydrogen-bond donors (Lipinski definition) is 0. The molecule has 0 saturated heterocycles. The van der Waals surface area contributed by atoms with Crippen LogP contribution in [-0.4, -0.2) is 0 Å². The molecule has 0 aliphatic carbocycles. The van der Waals surface area contributed by atoms with E-state index in [-0.39, 0.29) is 0 Å². The monoisotopic (exact) mass is 226 g/mol. The van der Waals surface area contributed by atoms with E-state index in [1.807, 2.05) is 10.8 Å². The van der Waals surface area contributed by atoms with Gasteiger partial charge in [0.1, 0.15) is 0 Å². The quantitative estimate of drug-likeness (QED) is 0.717. The minimum absolute atomic E-state index is 0.542. The Balaban J connectivity index is 0.000000140. The van der Waals surface area contributed by atoms with Crippen LogP contribution in [0.5, 0.6) is 0 Å². The van der Waals surface area contributed by atoms with Gasteiger partial charge in [0, 0.05) is 0 Å². The highest BCUT2D eigenvalue weighted by Crippen LogP contribution is 2.17. The Morgan fingerprint density at radius 2 is 1.29 bits per heavy atom. The second-order valence-electron chi connectivity index (χ2n) is 2.09. The van der Waals surface area contributed by atoms with Gasteiger partial charge in [0.25, 0.3) is 0 Å². The molecule has 0 amide bonds. The van der Waals surface area contributed by atoms with Crippen molar-refractivity contribution in [2.24, 2.45) is 10.4 Å². The molecule has 0 saturated carbocycles. The molecule has 2 aromatic rings. The van der Waals surface area contributed by atoms with Crippen LogP contribution in [0.3, 0.4) is 0 Å². The van der Waals surface area contributed by atoms with Crippen molar-refractivity contribution in [1.82, 2.24) is 0 Å². The summed E-state index contributed by atoms with van der Waals surface area (Å²) in [5.74, 6) is 0. The molecule has 2 heterocycles. The van der Waals surface area contributed by atoms with Crippen LogP contribution in [0.1, 0.15) is 0 Å². The molecular weight excluding hydrogens is 220 g/mol. The lowest BCUT2D eigenvalue weighted by Crippen LogP contribution is -1.35. The molecule has 6 heteroatoms. The molecule has 0 aromatic carbocycles. The van der Waals surface area contributed by atoms with Gasteiger partial charge in [0.2, 0.25) is 0 Å². The van der Waals surface area contributed by atoms with Crippen LogP contribution in [0.2, 0.25) is 0 Å². The Bertz CT molecular complexity index is 332. The van der Waals surface area contributed by atoms with Crippen LogP contribution in [0.25, 0.3) is 0 Å². The third-order valence-corrected chi connectivity index (χ3v) is 2.68. The first-order valence-electron chi connectivity index (χ1n) is 3.60. The highest BCUT2D eigenvalue weighted by Gasteiger charge is 1.84. The average molecular weight is 226 g/mol. The minimum Gasteiger partial charge on any atom is -0.144 e. The molecule has 0 aliphatic rings. The van der Waals surface area contributed by atoms with Gasteiger partial charge in [0.05, 0.1) is 0 Å². The minimum atomic E-state index is 0.542. The van der Waals surface area contributed by atoms with Crippen molar-refractivity contribution >= 4 is 32.7 Å². The third kappa shape index (κ3) is 3.55. The molecule has 0 aliphatic heterocycles. The van der Waals surface area contributed by atoms with E-state index in [1.165, 1.54) is 22.7 Å². The van der Waals surface area contributed by atoms with E-state index in [1.54, 1.807) is 24.3 Å². The first-order valence-corrected chi connectivity index (χ1v) is 5.36. The van der Waals surface area contributed by atoms with E-state index in [0.717, 1.165) is 0 Å². The number of hydrogen-bond acceptors (Lipinski definition) is 6. The fraction of sp³-hybridized carbons (Fsp3) is 0. The van der Waals surface area contributed by atoms with Crippen molar-refractivity contribution in [3.05, 3.63) is 44.8 Å². The molecule has 0 radical (unpaired) electrons. The molecule has 14 heavy (non-hydrogen) atoms. The normalized spacial score (nSPS) is 8.57. The van der Waals surface area contributed by atoms with Crippen LogP contribution in [0.4, 0.5) is 10.0 Å². The molecule has 0 N–H and O–H groups in total. The summed E-state index contributed by atoms with van der Waals surface area (Å²) in [6, 6.07) is 6.94. The Morgan fingerprint density at radius 3 is 1.43 bits per heavy atom. The standard InChI is InChI=1S/2C4H3NOS/c2*6-5-4-2-1-3-7-4/h2*1-3H. The Morgan fingerprint density at radius 1 is 0.857 bits per heavy atom. The highest BCUT2D eigenvalue weighted by molar-refractivity contribution is 7.14. The van der Waals surface area contributed by atoms with Gasteiger partial charge in [-0.1, -0.05) is 0 Å². The molecule has 2 aromatic heterocycles. The van der Waals surface area contributed by atoms with Crippen LogP contribution >= 0.6 is 22.7 Å². The van der Waals surface area contributed by atoms with Crippen molar-refractivity contribution in [2.75, 3.05) is 0 Å². The summed E-state index contributed by atoms with van der Waals surface area (Å²) in [5.41, 5.74) is 0. The molecule has 0 spiro atoms. The van der Waals surface area contributed by atoms with Crippen LogP contribution < -0.4 is 0 Å². The summed E-state index contributed by atoms with van der Waals surface area (Å²) in [6.45, 7) is 0. The lowest BCUT2D eigenvalue weighted by atomic mass is 10.6. The summed E-state index contributed by atoms with van der Waals surface area (Å²) in [4.78, 5) is 19.3. The van der Waals surface area contributed by atoms with Gasteiger partial charge in [-0.05, 0) is 45.4 Å². The number of nitroso groups, excluding NO2 is 2. The number of nitrogens with zero attached hydrogens (tertiary/aromatic N) is 2. The zero-order valence-electron chi connectivity index (χ0n) is 6.99. The fourth-order valence-corrected chi connectivity index (χ4v) is 1.64. The zero-order chi connectivity index (χ0) is 10.2. The second-order valence-corrected chi connectivity index (χ2v) is 3.94. The van der Waals surface area contributed by atoms with Gasteiger partial charge in [-0.15, -0.1) is 32.5 Å². The first kappa shape index (κ1) is 10.7. The Labute approximate surface area is 88.2 Å². The third-order valence-electron chi connectivity index (χ3n) is 1.19. The van der Waals surface area contributed by atoms with Gasteiger partial charge in [-0.2, -0.15) is 0 Å². The largest absolute Gasteiger partial charge is 0.160 e. The van der Waals surface area contributed by atoms with E-state index >= 15 is 0 Å². The predicted molar refractivity (Wildman–Crippen MR) is 59.5 cm³/mol. The highest BCUT2D eigenvalue weighted by atomic mass is 32.1. The maximum Gasteiger partial charge on any atom is 0.160 e. The van der Waals surface area contributed by atoms with Crippen molar-refractivity contribution < 1.29 is 0 Å². The van der Waals surface area contributed by atoms with E-state index in [2.05, 4.69) is 10.4 Å². The summed E-state index contributed by atoms with van der Waals surface area (Å²) in [5, 5.41) is 10.1. The summed E-state index contributed by atoms with van der Waals surface area (Å²) in [6.07, 6.45) is 0. The summed E-state index contributed by atoms with van der Waals surface area (Å²) >= 11 is 2.69. The van der Waals surface area contributed by atoms with Gasteiger partial charge < -0.3 is 0 Å². The van der Waals surface area contributed by atoms with E-state index < -0.39 is 0 Å². The maximum absolute atomic E-state index is 9.63. The summed E-state index contributed by atoms with van der Waals surface area (Å²) < 4.78 is 0. The van der Waals surface area contributed by atoms with E-state index in [4.69, 9.17) is 0 Å². The molecule has 0 bridgehead atoms. The molecule has 0 fully saturated rings. The van der Waals surface area contributed by atoms with E-state index in [0.29, 0.717) is 10.0 Å². The smallest absolute Gasteiger partial charge is 0.144 e. The van der Waals surface area contributed by atoms with Crippen LogP contribution in [-0.2, 0) is 0 Å². The van der Waals surface area contributed by atoms with Crippen molar-refractivity contribution in [3.8, 4) is 0 Å². The number of rotatable bonds is 2. The lowest BCUT2D eigenvalue weighted by molar-refractivity contribution is 1.60. The Kier molecular flexibility index (Phi) is 4.66. The Hall–Kier alpha value is -1.40. The molecular formula is C8H6N2O2S2. The van der Waals surface area contributed by atoms with Gasteiger partial charge >= 0.3 is 0 Å². The van der Waals surface area contributed by atoms with Crippen molar-refractivity contribution in [3.63, 3.8) is 0 Å². The summed E-state index contributed by atoms with van der Waals surface area (Å²) in [7, 11) is 0. The second kappa shape index (κ2) is 6.11. The molecule has 0 atom stereocenters. The fourth-order valence-electron chi connectivity index (χ4n) is 0.644. The van der Waals surface area contributed by atoms with Crippen LogP contribution in [0, 0.1) is 9.81 Å². The zero-order valence-corrected chi connectivity index (χ0v) is 8.62. The van der Waals surface area contributed by atoms with Gasteiger partial charge in [-0.25, -0.2) is 0 Å². The van der Waals surface area contributed by atoms with Crippen molar-refractivity contribution in [1.29, 1.82) is 0 Å². The van der Waals surface area contributed by atoms with Gasteiger partial charge in [0.15, 0.2) is 10.0 Å². The first-order chi connectivity index (χ1) is 6.86.